The number of carbonyl (C=O) groups is 1. The van der Waals surface area contributed by atoms with Gasteiger partial charge in [0.15, 0.2) is 0 Å². The molecule has 0 aromatic carbocycles. The molecule has 35 heavy (non-hydrogen) atoms. The molecule has 9 heteroatoms. The average molecular weight is 516 g/mol. The minimum atomic E-state index is -4.10. The van der Waals surface area contributed by atoms with Gasteiger partial charge in [0, 0.05) is 13.0 Å². The van der Waals surface area contributed by atoms with Crippen molar-refractivity contribution in [2.45, 2.75) is 96.9 Å². The third-order valence-corrected chi connectivity index (χ3v) is 11.7. The summed E-state index contributed by atoms with van der Waals surface area (Å²) in [4.78, 5) is 12.2. The minimum absolute atomic E-state index is 0.0509. The Morgan fingerprint density at radius 2 is 1.77 bits per heavy atom. The lowest BCUT2D eigenvalue weighted by molar-refractivity contribution is -0.207. The van der Waals surface area contributed by atoms with Gasteiger partial charge in [-0.05, 0) is 97.7 Å². The fourth-order valence-corrected chi connectivity index (χ4v) is 9.46. The molecule has 4 saturated carbocycles. The summed E-state index contributed by atoms with van der Waals surface area (Å²) in [5.41, 5.74) is -0.254. The highest BCUT2D eigenvalue weighted by Crippen LogP contribution is 2.68. The van der Waals surface area contributed by atoms with Gasteiger partial charge in [0.25, 0.3) is 10.1 Å². The monoisotopic (exact) mass is 515 g/mol. The van der Waals surface area contributed by atoms with E-state index in [9.17, 15) is 28.5 Å². The first-order chi connectivity index (χ1) is 16.3. The molecule has 202 valence electrons. The van der Waals surface area contributed by atoms with E-state index in [2.05, 4.69) is 26.1 Å². The van der Waals surface area contributed by atoms with Gasteiger partial charge in [0.05, 0.1) is 24.1 Å². The number of aliphatic hydroxyl groups is 3. The van der Waals surface area contributed by atoms with Crippen LogP contribution < -0.4 is 5.32 Å². The number of aliphatic hydroxyl groups excluding tert-OH is 3. The first-order valence-electron chi connectivity index (χ1n) is 13.5. The molecule has 0 aromatic heterocycles. The predicted octanol–water partition coefficient (Wildman–Crippen LogP) is 2.37. The van der Waals surface area contributed by atoms with Crippen molar-refractivity contribution >= 4 is 16.0 Å². The van der Waals surface area contributed by atoms with Gasteiger partial charge in [-0.15, -0.1) is 0 Å². The third-order valence-electron chi connectivity index (χ3n) is 11.0. The lowest BCUT2D eigenvalue weighted by atomic mass is 9.43. The number of hydrogen-bond donors (Lipinski definition) is 5. The molecular weight excluding hydrogens is 470 g/mol. The second-order valence-electron chi connectivity index (χ2n) is 12.7. The van der Waals surface area contributed by atoms with Crippen LogP contribution in [0.5, 0.6) is 0 Å². The molecule has 2 unspecified atom stereocenters. The smallest absolute Gasteiger partial charge is 0.266 e. The fraction of sp³-hybridized carbons (Fsp3) is 0.962. The molecular formula is C26H45NO7S. The number of rotatable bonds is 7. The summed E-state index contributed by atoms with van der Waals surface area (Å²) in [6.45, 7) is 6.56. The Balaban J connectivity index is 1.43. The van der Waals surface area contributed by atoms with Crippen molar-refractivity contribution in [1.82, 2.24) is 5.32 Å². The fourth-order valence-electron chi connectivity index (χ4n) is 9.10. The second-order valence-corrected chi connectivity index (χ2v) is 14.2. The maximum atomic E-state index is 12.2. The maximum absolute atomic E-state index is 12.2. The Morgan fingerprint density at radius 3 is 2.46 bits per heavy atom. The standard InChI is InChI=1S/C26H45NO7S/c1-15(4-7-23(31)27-10-11-35(32,33)34)18-5-6-19-24-20(14-22(30)26(18,19)3)25(2)9-8-17(28)12-16(25)13-21(24)29/h15-22,24,28-30H,4-14H2,1-3H3,(H,27,31)(H,32,33,34)/t15-,16?,17-,18-,19+,20+,21-,22+,24?,25+,26-/m1/s1. The number of amides is 1. The van der Waals surface area contributed by atoms with Crippen molar-refractivity contribution in [3.8, 4) is 0 Å². The predicted molar refractivity (Wildman–Crippen MR) is 132 cm³/mol. The quantitative estimate of drug-likeness (QED) is 0.327. The van der Waals surface area contributed by atoms with Crippen molar-refractivity contribution in [2.24, 2.45) is 46.3 Å². The van der Waals surface area contributed by atoms with Crippen LogP contribution in [0.25, 0.3) is 0 Å². The Bertz CT molecular complexity index is 896. The largest absolute Gasteiger partial charge is 0.393 e. The maximum Gasteiger partial charge on any atom is 0.266 e. The molecule has 8 nitrogen and oxygen atoms in total. The van der Waals surface area contributed by atoms with E-state index < -0.39 is 28.1 Å². The molecule has 5 N–H and O–H groups in total. The van der Waals surface area contributed by atoms with E-state index in [-0.39, 0.29) is 65.4 Å². The molecule has 4 fully saturated rings. The van der Waals surface area contributed by atoms with E-state index in [1.807, 2.05) is 0 Å². The molecule has 0 bridgehead atoms. The Morgan fingerprint density at radius 1 is 1.06 bits per heavy atom. The molecule has 4 aliphatic carbocycles. The van der Waals surface area contributed by atoms with Crippen LogP contribution in [0.4, 0.5) is 0 Å². The molecule has 4 rings (SSSR count). The highest BCUT2D eigenvalue weighted by molar-refractivity contribution is 7.85. The number of nitrogens with one attached hydrogen (secondary N) is 1. The summed E-state index contributed by atoms with van der Waals surface area (Å²) in [6.07, 6.45) is 5.67. The van der Waals surface area contributed by atoms with Crippen LogP contribution in [-0.4, -0.2) is 64.8 Å². The summed E-state index contributed by atoms with van der Waals surface area (Å²) in [5, 5.41) is 35.8. The molecule has 0 saturated heterocycles. The normalized spacial score (nSPS) is 46.3. The molecule has 1 amide bonds. The van der Waals surface area contributed by atoms with Crippen LogP contribution in [0.1, 0.15) is 78.6 Å². The van der Waals surface area contributed by atoms with Crippen molar-refractivity contribution < 1.29 is 33.1 Å². The first-order valence-corrected chi connectivity index (χ1v) is 15.1. The zero-order valence-electron chi connectivity index (χ0n) is 21.4. The molecule has 11 atom stereocenters. The lowest BCUT2D eigenvalue weighted by Gasteiger charge is -2.63. The second kappa shape index (κ2) is 9.86. The van der Waals surface area contributed by atoms with E-state index in [1.54, 1.807) is 0 Å². The van der Waals surface area contributed by atoms with Gasteiger partial charge in [-0.3, -0.25) is 9.35 Å². The van der Waals surface area contributed by atoms with Gasteiger partial charge in [-0.2, -0.15) is 8.42 Å². The highest BCUT2D eigenvalue weighted by atomic mass is 32.2. The van der Waals surface area contributed by atoms with Crippen LogP contribution in [-0.2, 0) is 14.9 Å². The zero-order valence-corrected chi connectivity index (χ0v) is 22.2. The Labute approximate surface area is 210 Å². The van der Waals surface area contributed by atoms with Crippen LogP contribution in [0.2, 0.25) is 0 Å². The van der Waals surface area contributed by atoms with Gasteiger partial charge >= 0.3 is 0 Å². The van der Waals surface area contributed by atoms with Gasteiger partial charge in [0.1, 0.15) is 0 Å². The number of hydrogen-bond acceptors (Lipinski definition) is 6. The van der Waals surface area contributed by atoms with Crippen molar-refractivity contribution in [2.75, 3.05) is 12.3 Å². The molecule has 0 radical (unpaired) electrons. The topological polar surface area (TPSA) is 144 Å². The van der Waals surface area contributed by atoms with Crippen molar-refractivity contribution in [3.05, 3.63) is 0 Å². The molecule has 0 heterocycles. The van der Waals surface area contributed by atoms with E-state index in [4.69, 9.17) is 4.55 Å². The van der Waals surface area contributed by atoms with Crippen LogP contribution in [0.3, 0.4) is 0 Å². The van der Waals surface area contributed by atoms with E-state index in [0.717, 1.165) is 38.5 Å². The molecule has 0 aromatic rings. The third kappa shape index (κ3) is 5.05. The SMILES string of the molecule is C[C@H](CCC(=O)NCCS(=O)(=O)O)[C@H]1CC[C@H]2C3[C@H](O)CC4C[C@H](O)CC[C@]4(C)[C@H]3C[C@H](O)[C@]12C. The van der Waals surface area contributed by atoms with Crippen LogP contribution in [0, 0.1) is 46.3 Å². The Kier molecular flexibility index (Phi) is 7.69. The van der Waals surface area contributed by atoms with Gasteiger partial charge in [-0.25, -0.2) is 0 Å². The number of carbonyl (C=O) groups excluding carboxylic acids is 1. The molecule has 4 aliphatic rings. The summed E-state index contributed by atoms with van der Waals surface area (Å²) in [5.74, 6) is 0.705. The molecule has 0 aliphatic heterocycles. The lowest BCUT2D eigenvalue weighted by Crippen LogP contribution is -2.62. The van der Waals surface area contributed by atoms with E-state index in [1.165, 1.54) is 0 Å². The summed E-state index contributed by atoms with van der Waals surface area (Å²) >= 11 is 0. The number of fused-ring (bicyclic) bond motifs is 5. The summed E-state index contributed by atoms with van der Waals surface area (Å²) in [7, 11) is -4.10. The zero-order chi connectivity index (χ0) is 25.8. The first kappa shape index (κ1) is 27.3. The van der Waals surface area contributed by atoms with Gasteiger partial charge < -0.3 is 20.6 Å². The average Bonchev–Trinajstić information content (AvgIpc) is 3.12. The van der Waals surface area contributed by atoms with Crippen LogP contribution in [0.15, 0.2) is 0 Å². The highest BCUT2D eigenvalue weighted by Gasteiger charge is 2.65. The summed E-state index contributed by atoms with van der Waals surface area (Å²) < 4.78 is 30.5. The molecule has 0 spiro atoms. The van der Waals surface area contributed by atoms with Crippen LogP contribution >= 0.6 is 0 Å². The minimum Gasteiger partial charge on any atom is -0.393 e. The summed E-state index contributed by atoms with van der Waals surface area (Å²) in [6, 6.07) is 0. The van der Waals surface area contributed by atoms with Crippen molar-refractivity contribution in [3.63, 3.8) is 0 Å². The van der Waals surface area contributed by atoms with E-state index in [0.29, 0.717) is 18.8 Å². The van der Waals surface area contributed by atoms with Gasteiger partial charge in [-0.1, -0.05) is 20.8 Å². The van der Waals surface area contributed by atoms with Gasteiger partial charge in [0.2, 0.25) is 5.91 Å². The Hall–Kier alpha value is -0.740. The van der Waals surface area contributed by atoms with Crippen molar-refractivity contribution in [1.29, 1.82) is 0 Å². The van der Waals surface area contributed by atoms with E-state index >= 15 is 0 Å².